The third-order valence-electron chi connectivity index (χ3n) is 3.13. The first-order valence-corrected chi connectivity index (χ1v) is 6.62. The smallest absolute Gasteiger partial charge is 0.335 e. The minimum Gasteiger partial charge on any atom is -0.478 e. The van der Waals surface area contributed by atoms with Gasteiger partial charge in [-0.05, 0) is 38.2 Å². The second-order valence-electron chi connectivity index (χ2n) is 4.88. The Morgan fingerprint density at radius 2 is 2.15 bits per heavy atom. The largest absolute Gasteiger partial charge is 0.478 e. The van der Waals surface area contributed by atoms with Crippen LogP contribution in [0.15, 0.2) is 18.2 Å². The Morgan fingerprint density at radius 1 is 1.40 bits per heavy atom. The number of rotatable bonds is 3. The van der Waals surface area contributed by atoms with Crippen LogP contribution in [-0.4, -0.2) is 48.2 Å². The molecule has 20 heavy (non-hydrogen) atoms. The first kappa shape index (κ1) is 14.6. The molecular weight excluding hydrogens is 282 g/mol. The number of carbonyl (C=O) groups is 2. The van der Waals surface area contributed by atoms with Crippen LogP contribution in [0.3, 0.4) is 0 Å². The summed E-state index contributed by atoms with van der Waals surface area (Å²) in [6.45, 7) is 1.76. The van der Waals surface area contributed by atoms with Gasteiger partial charge < -0.3 is 20.6 Å². The van der Waals surface area contributed by atoms with Gasteiger partial charge in [0.1, 0.15) is 0 Å². The third-order valence-corrected chi connectivity index (χ3v) is 3.35. The third kappa shape index (κ3) is 3.85. The number of hydrogen-bond acceptors (Lipinski definition) is 3. The second-order valence-corrected chi connectivity index (χ2v) is 5.32. The highest BCUT2D eigenvalue weighted by molar-refractivity contribution is 6.31. The van der Waals surface area contributed by atoms with E-state index in [0.717, 1.165) is 19.5 Å². The van der Waals surface area contributed by atoms with Crippen LogP contribution >= 0.6 is 11.6 Å². The quantitative estimate of drug-likeness (QED) is 0.795. The number of likely N-dealkylation sites (N-methyl/N-ethyl adjacent to an activating group) is 1. The number of nitrogens with one attached hydrogen (secondary N) is 2. The zero-order chi connectivity index (χ0) is 14.7. The highest BCUT2D eigenvalue weighted by atomic mass is 35.5. The molecular formula is C13H16ClN3O3. The van der Waals surface area contributed by atoms with Crippen LogP contribution in [0.2, 0.25) is 5.02 Å². The Balaban J connectivity index is 1.98. The highest BCUT2D eigenvalue weighted by Crippen LogP contribution is 2.19. The average molecular weight is 298 g/mol. The molecule has 0 spiro atoms. The number of benzene rings is 1. The molecule has 7 heteroatoms. The van der Waals surface area contributed by atoms with Crippen molar-refractivity contribution in [1.29, 1.82) is 0 Å². The van der Waals surface area contributed by atoms with Gasteiger partial charge >= 0.3 is 12.0 Å². The van der Waals surface area contributed by atoms with Crippen LogP contribution in [-0.2, 0) is 0 Å². The Morgan fingerprint density at radius 3 is 2.75 bits per heavy atom. The van der Waals surface area contributed by atoms with Gasteiger partial charge in [0, 0.05) is 23.3 Å². The normalized spacial score (nSPS) is 18.8. The van der Waals surface area contributed by atoms with E-state index >= 15 is 0 Å². The van der Waals surface area contributed by atoms with E-state index in [-0.39, 0.29) is 22.7 Å². The van der Waals surface area contributed by atoms with Crippen molar-refractivity contribution in [3.8, 4) is 0 Å². The number of halogens is 1. The monoisotopic (exact) mass is 297 g/mol. The van der Waals surface area contributed by atoms with Gasteiger partial charge in [-0.1, -0.05) is 11.6 Å². The molecule has 1 aromatic carbocycles. The molecule has 1 atom stereocenters. The zero-order valence-electron chi connectivity index (χ0n) is 11.0. The van der Waals surface area contributed by atoms with Gasteiger partial charge in [-0.15, -0.1) is 0 Å². The number of urea groups is 1. The number of anilines is 1. The second kappa shape index (κ2) is 6.11. The molecule has 2 rings (SSSR count). The minimum absolute atomic E-state index is 0.0356. The zero-order valence-corrected chi connectivity index (χ0v) is 11.8. The lowest BCUT2D eigenvalue weighted by molar-refractivity contribution is 0.0697. The molecule has 0 saturated carbocycles. The van der Waals surface area contributed by atoms with Gasteiger partial charge in [-0.25, -0.2) is 9.59 Å². The van der Waals surface area contributed by atoms with Crippen molar-refractivity contribution < 1.29 is 14.7 Å². The van der Waals surface area contributed by atoms with E-state index in [0.29, 0.717) is 5.69 Å². The predicted octanol–water partition coefficient (Wildman–Crippen LogP) is 1.86. The number of carboxylic acids is 1. The molecule has 2 amide bonds. The number of hydrogen-bond donors (Lipinski definition) is 3. The van der Waals surface area contributed by atoms with E-state index in [2.05, 4.69) is 15.5 Å². The maximum atomic E-state index is 11.8. The van der Waals surface area contributed by atoms with Gasteiger partial charge in [0.2, 0.25) is 0 Å². The summed E-state index contributed by atoms with van der Waals surface area (Å²) in [6, 6.07) is 3.96. The van der Waals surface area contributed by atoms with E-state index in [1.807, 2.05) is 7.05 Å². The SMILES string of the molecule is CN1CCC(NC(=O)Nc2cc(Cl)cc(C(=O)O)c2)C1. The summed E-state index contributed by atoms with van der Waals surface area (Å²) in [5.74, 6) is -1.09. The van der Waals surface area contributed by atoms with Gasteiger partial charge in [0.25, 0.3) is 0 Å². The molecule has 1 fully saturated rings. The molecule has 0 aromatic heterocycles. The molecule has 1 heterocycles. The highest BCUT2D eigenvalue weighted by Gasteiger charge is 2.21. The van der Waals surface area contributed by atoms with E-state index in [1.165, 1.54) is 18.2 Å². The number of aromatic carboxylic acids is 1. The van der Waals surface area contributed by atoms with Gasteiger partial charge in [-0.2, -0.15) is 0 Å². The molecule has 0 aliphatic carbocycles. The molecule has 1 aliphatic heterocycles. The first-order valence-electron chi connectivity index (χ1n) is 6.24. The van der Waals surface area contributed by atoms with Crippen LogP contribution in [0, 0.1) is 0 Å². The van der Waals surface area contributed by atoms with Gasteiger partial charge in [-0.3, -0.25) is 0 Å². The maximum Gasteiger partial charge on any atom is 0.335 e. The van der Waals surface area contributed by atoms with E-state index in [9.17, 15) is 9.59 Å². The summed E-state index contributed by atoms with van der Waals surface area (Å²) in [4.78, 5) is 24.9. The lowest BCUT2D eigenvalue weighted by Crippen LogP contribution is -2.39. The molecule has 0 radical (unpaired) electrons. The van der Waals surface area contributed by atoms with Gasteiger partial charge in [0.05, 0.1) is 5.56 Å². The van der Waals surface area contributed by atoms with E-state index in [4.69, 9.17) is 16.7 Å². The standard InChI is InChI=1S/C13H16ClN3O3/c1-17-3-2-10(7-17)15-13(20)16-11-5-8(12(18)19)4-9(14)6-11/h4-6,10H,2-3,7H2,1H3,(H,18,19)(H2,15,16,20). The van der Waals surface area contributed by atoms with Crippen LogP contribution < -0.4 is 10.6 Å². The molecule has 108 valence electrons. The van der Waals surface area contributed by atoms with Crippen molar-refractivity contribution in [1.82, 2.24) is 10.2 Å². The lowest BCUT2D eigenvalue weighted by Gasteiger charge is -2.14. The number of carboxylic acid groups (broad SMARTS) is 1. The summed E-state index contributed by atoms with van der Waals surface area (Å²) < 4.78 is 0. The van der Waals surface area contributed by atoms with Crippen molar-refractivity contribution in [2.45, 2.75) is 12.5 Å². The molecule has 1 aliphatic rings. The van der Waals surface area contributed by atoms with E-state index in [1.54, 1.807) is 0 Å². The van der Waals surface area contributed by atoms with Gasteiger partial charge in [0.15, 0.2) is 0 Å². The van der Waals surface area contributed by atoms with Crippen molar-refractivity contribution in [3.05, 3.63) is 28.8 Å². The number of nitrogens with zero attached hydrogens (tertiary/aromatic N) is 1. The maximum absolute atomic E-state index is 11.8. The van der Waals surface area contributed by atoms with Crippen molar-refractivity contribution in [2.75, 3.05) is 25.5 Å². The Bertz CT molecular complexity index is 536. The summed E-state index contributed by atoms with van der Waals surface area (Å²) in [7, 11) is 2.00. The number of carbonyl (C=O) groups excluding carboxylic acids is 1. The Labute approximate surface area is 121 Å². The fraction of sp³-hybridized carbons (Fsp3) is 0.385. The fourth-order valence-corrected chi connectivity index (χ4v) is 2.43. The van der Waals surface area contributed by atoms with Crippen LogP contribution in [0.4, 0.5) is 10.5 Å². The van der Waals surface area contributed by atoms with Crippen molar-refractivity contribution in [3.63, 3.8) is 0 Å². The number of amides is 2. The first-order chi connectivity index (χ1) is 9.44. The molecule has 1 saturated heterocycles. The Hall–Kier alpha value is -1.79. The summed E-state index contributed by atoms with van der Waals surface area (Å²) in [6.07, 6.45) is 0.903. The van der Waals surface area contributed by atoms with Crippen molar-refractivity contribution in [2.24, 2.45) is 0 Å². The molecule has 0 bridgehead atoms. The average Bonchev–Trinajstić information content (AvgIpc) is 2.73. The minimum atomic E-state index is -1.09. The lowest BCUT2D eigenvalue weighted by atomic mass is 10.2. The van der Waals surface area contributed by atoms with Crippen LogP contribution in [0.25, 0.3) is 0 Å². The Kier molecular flexibility index (Phi) is 4.46. The molecule has 3 N–H and O–H groups in total. The predicted molar refractivity (Wildman–Crippen MR) is 76.5 cm³/mol. The molecule has 6 nitrogen and oxygen atoms in total. The summed E-state index contributed by atoms with van der Waals surface area (Å²) >= 11 is 5.83. The summed E-state index contributed by atoms with van der Waals surface area (Å²) in [5.41, 5.74) is 0.396. The van der Waals surface area contributed by atoms with E-state index < -0.39 is 5.97 Å². The fourth-order valence-electron chi connectivity index (χ4n) is 2.19. The van der Waals surface area contributed by atoms with Crippen molar-refractivity contribution >= 4 is 29.3 Å². The molecule has 1 aromatic rings. The van der Waals surface area contributed by atoms with Crippen LogP contribution in [0.5, 0.6) is 0 Å². The van der Waals surface area contributed by atoms with Crippen LogP contribution in [0.1, 0.15) is 16.8 Å². The summed E-state index contributed by atoms with van der Waals surface area (Å²) in [5, 5.41) is 14.6. The molecule has 1 unspecified atom stereocenters. The number of likely N-dealkylation sites (tertiary alicyclic amines) is 1. The topological polar surface area (TPSA) is 81.7 Å².